The van der Waals surface area contributed by atoms with E-state index >= 15 is 0 Å². The first kappa shape index (κ1) is 13.1. The van der Waals surface area contributed by atoms with Crippen LogP contribution in [0.25, 0.3) is 10.8 Å². The number of aromatic nitrogens is 1. The van der Waals surface area contributed by atoms with E-state index in [-0.39, 0.29) is 5.56 Å². The number of benzene rings is 2. The van der Waals surface area contributed by atoms with E-state index in [2.05, 4.69) is 10.3 Å². The van der Waals surface area contributed by atoms with Gasteiger partial charge in [0.2, 0.25) is 0 Å². The van der Waals surface area contributed by atoms with Crippen LogP contribution in [0.2, 0.25) is 0 Å². The summed E-state index contributed by atoms with van der Waals surface area (Å²) in [5.41, 5.74) is 2.06. The Kier molecular flexibility index (Phi) is 3.28. The number of hydrogen-bond acceptors (Lipinski definition) is 3. The number of anilines is 2. The van der Waals surface area contributed by atoms with Gasteiger partial charge in [0.15, 0.2) is 0 Å². The zero-order chi connectivity index (χ0) is 14.8. The quantitative estimate of drug-likeness (QED) is 0.760. The number of aromatic carboxylic acids is 1. The van der Waals surface area contributed by atoms with Crippen molar-refractivity contribution in [2.45, 2.75) is 6.92 Å². The molecule has 0 saturated heterocycles. The maximum Gasteiger partial charge on any atom is 0.335 e. The van der Waals surface area contributed by atoms with Crippen LogP contribution in [-0.2, 0) is 0 Å². The number of carbonyl (C=O) groups is 1. The molecule has 4 nitrogen and oxygen atoms in total. The van der Waals surface area contributed by atoms with E-state index in [1.165, 1.54) is 0 Å². The highest BCUT2D eigenvalue weighted by atomic mass is 16.4. The highest BCUT2D eigenvalue weighted by molar-refractivity contribution is 5.95. The molecule has 21 heavy (non-hydrogen) atoms. The summed E-state index contributed by atoms with van der Waals surface area (Å²) in [4.78, 5) is 15.4. The molecule has 0 bridgehead atoms. The molecule has 1 heterocycles. The highest BCUT2D eigenvalue weighted by Gasteiger charge is 2.07. The molecule has 0 saturated carbocycles. The lowest BCUT2D eigenvalue weighted by Gasteiger charge is -2.10. The van der Waals surface area contributed by atoms with Crippen molar-refractivity contribution < 1.29 is 9.90 Å². The Morgan fingerprint density at radius 2 is 1.86 bits per heavy atom. The van der Waals surface area contributed by atoms with Gasteiger partial charge in [-0.3, -0.25) is 0 Å². The molecule has 104 valence electrons. The molecule has 2 N–H and O–H groups in total. The molecule has 0 amide bonds. The Morgan fingerprint density at radius 1 is 1.10 bits per heavy atom. The number of rotatable bonds is 3. The molecule has 0 atom stereocenters. The Hall–Kier alpha value is -2.88. The van der Waals surface area contributed by atoms with Crippen LogP contribution in [0.1, 0.15) is 15.9 Å². The fraction of sp³-hybridized carbons (Fsp3) is 0.0588. The van der Waals surface area contributed by atoms with Crippen molar-refractivity contribution in [3.05, 3.63) is 65.9 Å². The minimum absolute atomic E-state index is 0.247. The maximum atomic E-state index is 11.0. The number of carboxylic acid groups (broad SMARTS) is 1. The van der Waals surface area contributed by atoms with Crippen molar-refractivity contribution in [3.8, 4) is 0 Å². The van der Waals surface area contributed by atoms with Crippen LogP contribution in [0.15, 0.2) is 54.7 Å². The Balaban J connectivity index is 2.04. The fourth-order valence-corrected chi connectivity index (χ4v) is 2.30. The number of nitrogens with zero attached hydrogens (tertiary/aromatic N) is 1. The van der Waals surface area contributed by atoms with Gasteiger partial charge in [-0.2, -0.15) is 0 Å². The molecule has 0 fully saturated rings. The lowest BCUT2D eigenvalue weighted by atomic mass is 10.1. The number of carboxylic acids is 1. The average molecular weight is 278 g/mol. The van der Waals surface area contributed by atoms with Crippen LogP contribution < -0.4 is 5.32 Å². The molecule has 0 unspecified atom stereocenters. The van der Waals surface area contributed by atoms with Crippen LogP contribution in [-0.4, -0.2) is 16.1 Å². The third kappa shape index (κ3) is 2.56. The van der Waals surface area contributed by atoms with E-state index in [4.69, 9.17) is 5.11 Å². The van der Waals surface area contributed by atoms with E-state index in [0.29, 0.717) is 5.69 Å². The van der Waals surface area contributed by atoms with Gasteiger partial charge in [-0.1, -0.05) is 30.3 Å². The zero-order valence-corrected chi connectivity index (χ0v) is 11.5. The largest absolute Gasteiger partial charge is 0.478 e. The second kappa shape index (κ2) is 5.25. The number of fused-ring (bicyclic) bond motifs is 1. The number of aryl methyl sites for hydroxylation is 1. The molecule has 0 radical (unpaired) electrons. The summed E-state index contributed by atoms with van der Waals surface area (Å²) in [6, 6.07) is 14.7. The third-order valence-electron chi connectivity index (χ3n) is 3.37. The molecule has 2 aromatic carbocycles. The lowest BCUT2D eigenvalue weighted by molar-refractivity contribution is 0.0697. The van der Waals surface area contributed by atoms with E-state index in [1.807, 2.05) is 43.5 Å². The molecule has 3 rings (SSSR count). The highest BCUT2D eigenvalue weighted by Crippen LogP contribution is 2.26. The first-order valence-corrected chi connectivity index (χ1v) is 6.60. The van der Waals surface area contributed by atoms with Crippen molar-refractivity contribution in [1.29, 1.82) is 0 Å². The minimum Gasteiger partial charge on any atom is -0.478 e. The second-order valence-corrected chi connectivity index (χ2v) is 4.85. The monoisotopic (exact) mass is 278 g/mol. The number of pyridine rings is 1. The molecular weight excluding hydrogens is 264 g/mol. The molecule has 3 aromatic rings. The second-order valence-electron chi connectivity index (χ2n) is 4.85. The Bertz CT molecular complexity index is 828. The van der Waals surface area contributed by atoms with Gasteiger partial charge in [-0.15, -0.1) is 0 Å². The van der Waals surface area contributed by atoms with Gasteiger partial charge in [-0.25, -0.2) is 9.78 Å². The van der Waals surface area contributed by atoms with Crippen molar-refractivity contribution in [3.63, 3.8) is 0 Å². The van der Waals surface area contributed by atoms with Gasteiger partial charge in [0.1, 0.15) is 5.82 Å². The zero-order valence-electron chi connectivity index (χ0n) is 11.5. The minimum atomic E-state index is -0.944. The summed E-state index contributed by atoms with van der Waals surface area (Å²) in [5, 5.41) is 14.4. The molecule has 0 aliphatic rings. The van der Waals surface area contributed by atoms with Crippen molar-refractivity contribution in [2.75, 3.05) is 5.32 Å². The van der Waals surface area contributed by atoms with E-state index in [0.717, 1.165) is 22.2 Å². The molecule has 0 aliphatic carbocycles. The molecular formula is C17H14N2O2. The van der Waals surface area contributed by atoms with Gasteiger partial charge in [0.25, 0.3) is 0 Å². The fourth-order valence-electron chi connectivity index (χ4n) is 2.30. The number of hydrogen-bond donors (Lipinski definition) is 2. The summed E-state index contributed by atoms with van der Waals surface area (Å²) < 4.78 is 0. The molecule has 0 aliphatic heterocycles. The summed E-state index contributed by atoms with van der Waals surface area (Å²) >= 11 is 0. The van der Waals surface area contributed by atoms with Gasteiger partial charge >= 0.3 is 5.97 Å². The van der Waals surface area contributed by atoms with E-state index in [1.54, 1.807) is 18.2 Å². The SMILES string of the molecule is Cc1cnc(Nc2cccc(C(=O)O)c2)c2ccccc12. The maximum absolute atomic E-state index is 11.0. The Labute approximate surface area is 122 Å². The van der Waals surface area contributed by atoms with Crippen LogP contribution in [0.4, 0.5) is 11.5 Å². The van der Waals surface area contributed by atoms with Gasteiger partial charge < -0.3 is 10.4 Å². The van der Waals surface area contributed by atoms with Crippen molar-refractivity contribution in [2.24, 2.45) is 0 Å². The number of nitrogens with one attached hydrogen (secondary N) is 1. The first-order chi connectivity index (χ1) is 10.1. The first-order valence-electron chi connectivity index (χ1n) is 6.60. The van der Waals surface area contributed by atoms with Crippen molar-refractivity contribution in [1.82, 2.24) is 4.98 Å². The molecule has 0 spiro atoms. The Morgan fingerprint density at radius 3 is 2.62 bits per heavy atom. The smallest absolute Gasteiger partial charge is 0.335 e. The van der Waals surface area contributed by atoms with Crippen LogP contribution in [0.5, 0.6) is 0 Å². The standard InChI is InChI=1S/C17H14N2O2/c1-11-10-18-16(15-8-3-2-7-14(11)15)19-13-6-4-5-12(9-13)17(20)21/h2-10H,1H3,(H,18,19)(H,20,21). The third-order valence-corrected chi connectivity index (χ3v) is 3.37. The average Bonchev–Trinajstić information content (AvgIpc) is 2.51. The summed E-state index contributed by atoms with van der Waals surface area (Å²) in [6.07, 6.45) is 1.81. The van der Waals surface area contributed by atoms with Gasteiger partial charge in [-0.05, 0) is 36.1 Å². The lowest BCUT2D eigenvalue weighted by Crippen LogP contribution is -1.99. The van der Waals surface area contributed by atoms with Crippen LogP contribution in [0, 0.1) is 6.92 Å². The predicted molar refractivity (Wildman–Crippen MR) is 83.2 cm³/mol. The summed E-state index contributed by atoms with van der Waals surface area (Å²) in [7, 11) is 0. The van der Waals surface area contributed by atoms with Crippen LogP contribution in [0.3, 0.4) is 0 Å². The van der Waals surface area contributed by atoms with Gasteiger partial charge in [0.05, 0.1) is 5.56 Å². The predicted octanol–water partition coefficient (Wildman–Crippen LogP) is 3.99. The topological polar surface area (TPSA) is 62.2 Å². The normalized spacial score (nSPS) is 10.5. The molecule has 4 heteroatoms. The van der Waals surface area contributed by atoms with Crippen LogP contribution >= 0.6 is 0 Å². The summed E-state index contributed by atoms with van der Waals surface area (Å²) in [6.45, 7) is 2.02. The molecule has 1 aromatic heterocycles. The van der Waals surface area contributed by atoms with Crippen molar-refractivity contribution >= 4 is 28.2 Å². The van der Waals surface area contributed by atoms with Gasteiger partial charge in [0, 0.05) is 17.3 Å². The van der Waals surface area contributed by atoms with E-state index in [9.17, 15) is 4.79 Å². The van der Waals surface area contributed by atoms with E-state index < -0.39 is 5.97 Å². The summed E-state index contributed by atoms with van der Waals surface area (Å²) in [5.74, 6) is -0.223.